The summed E-state index contributed by atoms with van der Waals surface area (Å²) in [6.45, 7) is 0.494. The maximum atomic E-state index is 12.1. The minimum absolute atomic E-state index is 0.0551. The number of alkyl halides is 3. The van der Waals surface area contributed by atoms with Crippen LogP contribution in [-0.2, 0) is 4.79 Å². The first-order valence-corrected chi connectivity index (χ1v) is 6.40. The van der Waals surface area contributed by atoms with Gasteiger partial charge in [0, 0.05) is 19.0 Å². The standard InChI is InChI=1S/C12H19F3N2O2/c1-9(18)7-10-5-3-2-4-6-17(10)11(19)16-8-12(13,14)15/h10H,2-8H2,1H3,(H,16,19). The van der Waals surface area contributed by atoms with Crippen LogP contribution < -0.4 is 5.32 Å². The lowest BCUT2D eigenvalue weighted by atomic mass is 10.0. The first-order chi connectivity index (χ1) is 8.79. The fourth-order valence-electron chi connectivity index (χ4n) is 2.27. The monoisotopic (exact) mass is 280 g/mol. The summed E-state index contributed by atoms with van der Waals surface area (Å²) in [6.07, 6.45) is -0.970. The summed E-state index contributed by atoms with van der Waals surface area (Å²) in [4.78, 5) is 24.3. The summed E-state index contributed by atoms with van der Waals surface area (Å²) in [5.41, 5.74) is 0. The lowest BCUT2D eigenvalue weighted by Gasteiger charge is -2.29. The predicted octanol–water partition coefficient (Wildman–Crippen LogP) is 2.48. The number of halogens is 3. The Morgan fingerprint density at radius 3 is 2.53 bits per heavy atom. The molecule has 4 nitrogen and oxygen atoms in total. The maximum Gasteiger partial charge on any atom is 0.405 e. The molecule has 0 bridgehead atoms. The molecule has 0 saturated carbocycles. The lowest BCUT2D eigenvalue weighted by Crippen LogP contribution is -2.48. The van der Waals surface area contributed by atoms with Crippen LogP contribution in [0.3, 0.4) is 0 Å². The van der Waals surface area contributed by atoms with E-state index in [0.29, 0.717) is 13.0 Å². The van der Waals surface area contributed by atoms with Crippen molar-refractivity contribution in [1.29, 1.82) is 0 Å². The van der Waals surface area contributed by atoms with Gasteiger partial charge in [-0.15, -0.1) is 0 Å². The van der Waals surface area contributed by atoms with Gasteiger partial charge in [0.1, 0.15) is 12.3 Å². The number of hydrogen-bond donors (Lipinski definition) is 1. The van der Waals surface area contributed by atoms with Crippen LogP contribution in [0.15, 0.2) is 0 Å². The third-order valence-electron chi connectivity index (χ3n) is 3.10. The second-order valence-corrected chi connectivity index (χ2v) is 4.88. The average molecular weight is 280 g/mol. The van der Waals surface area contributed by atoms with E-state index in [1.807, 2.05) is 5.32 Å². The highest BCUT2D eigenvalue weighted by atomic mass is 19.4. The Morgan fingerprint density at radius 2 is 1.95 bits per heavy atom. The number of Topliss-reactive ketones (excluding diaryl/α,β-unsaturated/α-hetero) is 1. The van der Waals surface area contributed by atoms with Gasteiger partial charge in [0.05, 0.1) is 0 Å². The lowest BCUT2D eigenvalue weighted by molar-refractivity contribution is -0.123. The normalized spacial score (nSPS) is 20.8. The third kappa shape index (κ3) is 5.94. The zero-order chi connectivity index (χ0) is 14.5. The van der Waals surface area contributed by atoms with Crippen molar-refractivity contribution in [1.82, 2.24) is 10.2 Å². The van der Waals surface area contributed by atoms with Gasteiger partial charge in [0.25, 0.3) is 0 Å². The molecule has 1 unspecified atom stereocenters. The quantitative estimate of drug-likeness (QED) is 0.863. The Morgan fingerprint density at radius 1 is 1.26 bits per heavy atom. The largest absolute Gasteiger partial charge is 0.405 e. The molecule has 110 valence electrons. The molecule has 1 atom stereocenters. The van der Waals surface area contributed by atoms with E-state index < -0.39 is 18.8 Å². The summed E-state index contributed by atoms with van der Waals surface area (Å²) in [5.74, 6) is -0.0551. The van der Waals surface area contributed by atoms with E-state index >= 15 is 0 Å². The summed E-state index contributed by atoms with van der Waals surface area (Å²) >= 11 is 0. The highest BCUT2D eigenvalue weighted by Crippen LogP contribution is 2.20. The Hall–Kier alpha value is -1.27. The van der Waals surface area contributed by atoms with E-state index in [0.717, 1.165) is 19.3 Å². The molecule has 0 aromatic heterocycles. The molecule has 1 N–H and O–H groups in total. The molecule has 0 aromatic rings. The number of nitrogens with zero attached hydrogens (tertiary/aromatic N) is 1. The first kappa shape index (κ1) is 15.8. The van der Waals surface area contributed by atoms with Crippen LogP contribution in [0, 0.1) is 0 Å². The van der Waals surface area contributed by atoms with Gasteiger partial charge in [-0.25, -0.2) is 4.79 Å². The van der Waals surface area contributed by atoms with Crippen molar-refractivity contribution in [3.05, 3.63) is 0 Å². The topological polar surface area (TPSA) is 49.4 Å². The highest BCUT2D eigenvalue weighted by molar-refractivity contribution is 5.78. The van der Waals surface area contributed by atoms with Crippen LogP contribution in [-0.4, -0.2) is 42.0 Å². The van der Waals surface area contributed by atoms with Gasteiger partial charge in [-0.05, 0) is 19.8 Å². The van der Waals surface area contributed by atoms with E-state index in [-0.39, 0.29) is 18.2 Å². The van der Waals surface area contributed by atoms with E-state index in [9.17, 15) is 22.8 Å². The first-order valence-electron chi connectivity index (χ1n) is 6.40. The molecule has 19 heavy (non-hydrogen) atoms. The number of carbonyl (C=O) groups excluding carboxylic acids is 2. The number of ketones is 1. The van der Waals surface area contributed by atoms with Gasteiger partial charge in [-0.2, -0.15) is 13.2 Å². The fraction of sp³-hybridized carbons (Fsp3) is 0.833. The van der Waals surface area contributed by atoms with Crippen LogP contribution in [0.1, 0.15) is 39.0 Å². The molecule has 0 aromatic carbocycles. The summed E-state index contributed by atoms with van der Waals surface area (Å²) in [6, 6.07) is -1.02. The van der Waals surface area contributed by atoms with Crippen molar-refractivity contribution < 1.29 is 22.8 Å². The van der Waals surface area contributed by atoms with E-state index in [4.69, 9.17) is 0 Å². The Balaban J connectivity index is 2.62. The van der Waals surface area contributed by atoms with Gasteiger partial charge in [-0.1, -0.05) is 12.8 Å². The summed E-state index contributed by atoms with van der Waals surface area (Å²) < 4.78 is 36.2. The number of carbonyl (C=O) groups is 2. The number of amides is 2. The molecule has 1 heterocycles. The van der Waals surface area contributed by atoms with Crippen molar-refractivity contribution in [2.75, 3.05) is 13.1 Å². The van der Waals surface area contributed by atoms with Crippen molar-refractivity contribution >= 4 is 11.8 Å². The summed E-state index contributed by atoms with van der Waals surface area (Å²) in [5, 5.41) is 1.87. The minimum Gasteiger partial charge on any atom is -0.329 e. The molecule has 0 aliphatic carbocycles. The molecule has 1 saturated heterocycles. The molecule has 0 radical (unpaired) electrons. The van der Waals surface area contributed by atoms with E-state index in [1.54, 1.807) is 0 Å². The fourth-order valence-corrected chi connectivity index (χ4v) is 2.27. The SMILES string of the molecule is CC(=O)CC1CCCCCN1C(=O)NCC(F)(F)F. The van der Waals surface area contributed by atoms with E-state index in [2.05, 4.69) is 0 Å². The van der Waals surface area contributed by atoms with E-state index in [1.165, 1.54) is 11.8 Å². The number of hydrogen-bond acceptors (Lipinski definition) is 2. The molecule has 7 heteroatoms. The van der Waals surface area contributed by atoms with Crippen LogP contribution in [0.2, 0.25) is 0 Å². The molecule has 1 aliphatic heterocycles. The second kappa shape index (κ2) is 6.77. The number of likely N-dealkylation sites (tertiary alicyclic amines) is 1. The molecule has 0 spiro atoms. The smallest absolute Gasteiger partial charge is 0.329 e. The molecular formula is C12H19F3N2O2. The van der Waals surface area contributed by atoms with Gasteiger partial charge >= 0.3 is 12.2 Å². The minimum atomic E-state index is -4.42. The number of urea groups is 1. The summed E-state index contributed by atoms with van der Waals surface area (Å²) in [7, 11) is 0. The average Bonchev–Trinajstić information content (AvgIpc) is 2.49. The number of rotatable bonds is 3. The zero-order valence-corrected chi connectivity index (χ0v) is 10.9. The highest BCUT2D eigenvalue weighted by Gasteiger charge is 2.31. The Bertz CT molecular complexity index is 331. The van der Waals surface area contributed by atoms with Gasteiger partial charge in [-0.3, -0.25) is 4.79 Å². The van der Waals surface area contributed by atoms with Crippen molar-refractivity contribution in [3.8, 4) is 0 Å². The Kier molecular flexibility index (Phi) is 5.62. The Labute approximate surface area is 110 Å². The van der Waals surface area contributed by atoms with Crippen LogP contribution in [0.5, 0.6) is 0 Å². The molecular weight excluding hydrogens is 261 g/mol. The van der Waals surface area contributed by atoms with Crippen molar-refractivity contribution in [3.63, 3.8) is 0 Å². The van der Waals surface area contributed by atoms with Gasteiger partial charge < -0.3 is 10.2 Å². The third-order valence-corrected chi connectivity index (χ3v) is 3.10. The number of nitrogens with one attached hydrogen (secondary N) is 1. The predicted molar refractivity (Wildman–Crippen MR) is 63.7 cm³/mol. The second-order valence-electron chi connectivity index (χ2n) is 4.88. The molecule has 1 aliphatic rings. The van der Waals surface area contributed by atoms with Crippen molar-refractivity contribution in [2.24, 2.45) is 0 Å². The van der Waals surface area contributed by atoms with Crippen LogP contribution in [0.25, 0.3) is 0 Å². The van der Waals surface area contributed by atoms with Gasteiger partial charge in [0.15, 0.2) is 0 Å². The molecule has 1 rings (SSSR count). The molecule has 2 amide bonds. The van der Waals surface area contributed by atoms with Crippen molar-refractivity contribution in [2.45, 2.75) is 51.2 Å². The molecule has 1 fully saturated rings. The zero-order valence-electron chi connectivity index (χ0n) is 10.9. The van der Waals surface area contributed by atoms with Crippen LogP contribution >= 0.6 is 0 Å². The van der Waals surface area contributed by atoms with Gasteiger partial charge in [0.2, 0.25) is 0 Å². The maximum absolute atomic E-state index is 12.1. The van der Waals surface area contributed by atoms with Crippen LogP contribution in [0.4, 0.5) is 18.0 Å².